The molecule has 6 heteroatoms. The Morgan fingerprint density at radius 3 is 2.21 bits per heavy atom. The van der Waals surface area contributed by atoms with Crippen LogP contribution in [-0.4, -0.2) is 25.0 Å². The third-order valence-electron chi connectivity index (χ3n) is 4.10. The highest BCUT2D eigenvalue weighted by Crippen LogP contribution is 2.17. The Balaban J connectivity index is 0.000000221. The molecular weight excluding hydrogens is 372 g/mol. The number of benzene rings is 2. The van der Waals surface area contributed by atoms with E-state index in [1.54, 1.807) is 12.1 Å². The number of hydrogen-bond donors (Lipinski definition) is 1. The molecule has 0 amide bonds. The molecule has 0 aliphatic heterocycles. The average molecular weight is 397 g/mol. The molecule has 28 heavy (non-hydrogen) atoms. The standard InChI is InChI=1S/C15H16N2.C7H8O3S/c1-3-13-6-4-5-7-14(13)12-17(2)15-8-10-16-11-9-15;1-6-2-4-7(5-3-6)11(8,9)10/h3-11H,1,12H2,2H3;2-5H,1H3,(H,8,9,10). The van der Waals surface area contributed by atoms with Crippen LogP contribution in [0.15, 0.2) is 84.5 Å². The van der Waals surface area contributed by atoms with Crippen LogP contribution in [0.3, 0.4) is 0 Å². The van der Waals surface area contributed by atoms with Crippen LogP contribution >= 0.6 is 0 Å². The molecule has 0 bridgehead atoms. The van der Waals surface area contributed by atoms with E-state index in [9.17, 15) is 8.42 Å². The van der Waals surface area contributed by atoms with E-state index < -0.39 is 10.1 Å². The van der Waals surface area contributed by atoms with Gasteiger partial charge in [-0.2, -0.15) is 8.42 Å². The van der Waals surface area contributed by atoms with Gasteiger partial charge in [-0.05, 0) is 42.3 Å². The summed E-state index contributed by atoms with van der Waals surface area (Å²) in [6.45, 7) is 6.55. The van der Waals surface area contributed by atoms with Crippen LogP contribution in [0.1, 0.15) is 16.7 Å². The Kier molecular flexibility index (Phi) is 7.49. The van der Waals surface area contributed by atoms with Gasteiger partial charge in [0, 0.05) is 31.7 Å². The van der Waals surface area contributed by atoms with Gasteiger partial charge < -0.3 is 4.90 Å². The SMILES string of the molecule is C=Cc1ccccc1CN(C)c1ccncc1.Cc1ccc(S(=O)(=O)O)cc1. The summed E-state index contributed by atoms with van der Waals surface area (Å²) in [5, 5.41) is 0. The summed E-state index contributed by atoms with van der Waals surface area (Å²) in [4.78, 5) is 6.16. The van der Waals surface area contributed by atoms with Crippen molar-refractivity contribution in [3.63, 3.8) is 0 Å². The molecule has 2 aromatic carbocycles. The van der Waals surface area contributed by atoms with E-state index in [4.69, 9.17) is 4.55 Å². The van der Waals surface area contributed by atoms with Crippen LogP contribution in [-0.2, 0) is 16.7 Å². The second-order valence-corrected chi connectivity index (χ2v) is 7.67. The third kappa shape index (κ3) is 6.33. The van der Waals surface area contributed by atoms with Crippen LogP contribution in [0.4, 0.5) is 5.69 Å². The highest BCUT2D eigenvalue weighted by atomic mass is 32.2. The lowest BCUT2D eigenvalue weighted by molar-refractivity contribution is 0.483. The first-order chi connectivity index (χ1) is 13.3. The first-order valence-electron chi connectivity index (χ1n) is 8.67. The smallest absolute Gasteiger partial charge is 0.294 e. The number of anilines is 1. The molecule has 1 heterocycles. The summed E-state index contributed by atoms with van der Waals surface area (Å²) >= 11 is 0. The van der Waals surface area contributed by atoms with Gasteiger partial charge in [0.2, 0.25) is 0 Å². The molecule has 0 spiro atoms. The topological polar surface area (TPSA) is 70.5 Å². The molecule has 146 valence electrons. The second kappa shape index (κ2) is 9.82. The van der Waals surface area contributed by atoms with Gasteiger partial charge in [0.25, 0.3) is 10.1 Å². The highest BCUT2D eigenvalue weighted by Gasteiger charge is 2.07. The zero-order chi connectivity index (χ0) is 20.6. The lowest BCUT2D eigenvalue weighted by Crippen LogP contribution is -2.16. The van der Waals surface area contributed by atoms with Crippen molar-refractivity contribution in [3.05, 3.63) is 96.3 Å². The van der Waals surface area contributed by atoms with Gasteiger partial charge in [0.1, 0.15) is 0 Å². The normalized spacial score (nSPS) is 10.5. The molecule has 1 N–H and O–H groups in total. The highest BCUT2D eigenvalue weighted by molar-refractivity contribution is 7.85. The van der Waals surface area contributed by atoms with Crippen LogP contribution in [0.5, 0.6) is 0 Å². The Labute approximate surface area is 166 Å². The first-order valence-corrected chi connectivity index (χ1v) is 10.1. The van der Waals surface area contributed by atoms with Crippen molar-refractivity contribution in [2.24, 2.45) is 0 Å². The lowest BCUT2D eigenvalue weighted by atomic mass is 10.1. The van der Waals surface area contributed by atoms with Gasteiger partial charge in [0.05, 0.1) is 4.90 Å². The fourth-order valence-corrected chi connectivity index (χ4v) is 3.01. The first kappa shape index (κ1) is 21.3. The molecule has 0 fully saturated rings. The molecule has 0 aliphatic rings. The Morgan fingerprint density at radius 2 is 1.64 bits per heavy atom. The van der Waals surface area contributed by atoms with E-state index in [0.717, 1.165) is 12.1 Å². The molecule has 0 atom stereocenters. The molecule has 3 rings (SSSR count). The van der Waals surface area contributed by atoms with E-state index in [2.05, 4.69) is 41.7 Å². The van der Waals surface area contributed by atoms with Gasteiger partial charge in [-0.15, -0.1) is 0 Å². The molecular formula is C22H24N2O3S. The summed E-state index contributed by atoms with van der Waals surface area (Å²) in [7, 11) is -1.94. The van der Waals surface area contributed by atoms with Crippen molar-refractivity contribution in [2.45, 2.75) is 18.4 Å². The summed E-state index contributed by atoms with van der Waals surface area (Å²) in [5.41, 5.74) is 4.59. The maximum absolute atomic E-state index is 10.5. The molecule has 1 aromatic heterocycles. The number of pyridine rings is 1. The molecule has 0 saturated heterocycles. The van der Waals surface area contributed by atoms with E-state index in [1.165, 1.54) is 28.9 Å². The number of hydrogen-bond acceptors (Lipinski definition) is 4. The maximum atomic E-state index is 10.5. The summed E-state index contributed by atoms with van der Waals surface area (Å²) in [5.74, 6) is 0. The number of rotatable bonds is 5. The minimum atomic E-state index is -4.02. The third-order valence-corrected chi connectivity index (χ3v) is 4.97. The quantitative estimate of drug-likeness (QED) is 0.638. The van der Waals surface area contributed by atoms with Crippen molar-refractivity contribution in [1.82, 2.24) is 4.98 Å². The van der Waals surface area contributed by atoms with Gasteiger partial charge in [-0.3, -0.25) is 9.54 Å². The van der Waals surface area contributed by atoms with E-state index in [-0.39, 0.29) is 4.90 Å². The van der Waals surface area contributed by atoms with Crippen LogP contribution in [0, 0.1) is 6.92 Å². The predicted octanol–water partition coefficient (Wildman–Crippen LogP) is 4.60. The molecule has 5 nitrogen and oxygen atoms in total. The van der Waals surface area contributed by atoms with Crippen molar-refractivity contribution in [1.29, 1.82) is 0 Å². The van der Waals surface area contributed by atoms with Gasteiger partial charge in [-0.1, -0.05) is 54.6 Å². The monoisotopic (exact) mass is 396 g/mol. The van der Waals surface area contributed by atoms with Gasteiger partial charge in [0.15, 0.2) is 0 Å². The lowest BCUT2D eigenvalue weighted by Gasteiger charge is -2.20. The van der Waals surface area contributed by atoms with Crippen molar-refractivity contribution in [3.8, 4) is 0 Å². The summed E-state index contributed by atoms with van der Waals surface area (Å²) < 4.78 is 29.6. The molecule has 3 aromatic rings. The number of aromatic nitrogens is 1. The van der Waals surface area contributed by atoms with Gasteiger partial charge >= 0.3 is 0 Å². The largest absolute Gasteiger partial charge is 0.370 e. The Morgan fingerprint density at radius 1 is 1.04 bits per heavy atom. The molecule has 0 saturated carbocycles. The van der Waals surface area contributed by atoms with E-state index in [1.807, 2.05) is 43.6 Å². The van der Waals surface area contributed by atoms with Gasteiger partial charge in [-0.25, -0.2) is 0 Å². The zero-order valence-corrected chi connectivity index (χ0v) is 16.8. The maximum Gasteiger partial charge on any atom is 0.294 e. The number of aryl methyl sites for hydroxylation is 1. The summed E-state index contributed by atoms with van der Waals surface area (Å²) in [6, 6.07) is 18.3. The van der Waals surface area contributed by atoms with Crippen LogP contribution < -0.4 is 4.90 Å². The second-order valence-electron chi connectivity index (χ2n) is 6.25. The molecule has 0 radical (unpaired) electrons. The number of nitrogens with zero attached hydrogens (tertiary/aromatic N) is 2. The Bertz CT molecular complexity index is 1000. The minimum absolute atomic E-state index is 0.0666. The van der Waals surface area contributed by atoms with Crippen LogP contribution in [0.2, 0.25) is 0 Å². The van der Waals surface area contributed by atoms with Crippen molar-refractivity contribution in [2.75, 3.05) is 11.9 Å². The molecule has 0 aliphatic carbocycles. The predicted molar refractivity (Wildman–Crippen MR) is 114 cm³/mol. The zero-order valence-electron chi connectivity index (χ0n) is 16.0. The fourth-order valence-electron chi connectivity index (χ4n) is 2.53. The molecule has 0 unspecified atom stereocenters. The Hall–Kier alpha value is -2.96. The van der Waals surface area contributed by atoms with E-state index >= 15 is 0 Å². The average Bonchev–Trinajstić information content (AvgIpc) is 2.69. The van der Waals surface area contributed by atoms with Crippen molar-refractivity contribution >= 4 is 21.9 Å². The van der Waals surface area contributed by atoms with E-state index in [0.29, 0.717) is 0 Å². The van der Waals surface area contributed by atoms with Crippen molar-refractivity contribution < 1.29 is 13.0 Å². The minimum Gasteiger partial charge on any atom is -0.370 e. The fraction of sp³-hybridized carbons (Fsp3) is 0.136. The van der Waals surface area contributed by atoms with Crippen LogP contribution in [0.25, 0.3) is 6.08 Å². The summed E-state index contributed by atoms with van der Waals surface area (Å²) in [6.07, 6.45) is 5.52.